The average Bonchev–Trinajstić information content (AvgIpc) is 3.10. The third kappa shape index (κ3) is 3.33. The number of likely N-dealkylation sites (tertiary alicyclic amines) is 1. The number of rotatable bonds is 4. The summed E-state index contributed by atoms with van der Waals surface area (Å²) in [5, 5.41) is 11.2. The van der Waals surface area contributed by atoms with Crippen molar-refractivity contribution in [3.63, 3.8) is 0 Å². The minimum atomic E-state index is -0.531. The Morgan fingerprint density at radius 3 is 2.60 bits per heavy atom. The van der Waals surface area contributed by atoms with Crippen LogP contribution in [0.4, 0.5) is 5.69 Å². The molecule has 0 radical (unpaired) electrons. The van der Waals surface area contributed by atoms with E-state index >= 15 is 0 Å². The number of nitro groups is 1. The van der Waals surface area contributed by atoms with E-state index in [0.717, 1.165) is 18.4 Å². The largest absolute Gasteiger partial charge is 0.490 e. The molecule has 0 N–H and O–H groups in total. The third-order valence-corrected chi connectivity index (χ3v) is 4.60. The van der Waals surface area contributed by atoms with Crippen LogP contribution in [0.1, 0.15) is 40.4 Å². The summed E-state index contributed by atoms with van der Waals surface area (Å²) in [5.74, 6) is -0.0353. The van der Waals surface area contributed by atoms with Gasteiger partial charge >= 0.3 is 5.69 Å². The van der Waals surface area contributed by atoms with Gasteiger partial charge in [-0.15, -0.1) is 0 Å². The fourth-order valence-electron chi connectivity index (χ4n) is 3.28. The minimum absolute atomic E-state index is 0.00857. The first-order valence-electron chi connectivity index (χ1n) is 8.21. The number of benzene rings is 2. The van der Waals surface area contributed by atoms with E-state index in [4.69, 9.17) is 4.74 Å². The molecular weight excluding hydrogens is 320 g/mol. The van der Waals surface area contributed by atoms with E-state index in [0.29, 0.717) is 12.1 Å². The summed E-state index contributed by atoms with van der Waals surface area (Å²) in [6.07, 6.45) is 1.82. The van der Waals surface area contributed by atoms with E-state index < -0.39 is 4.92 Å². The molecule has 0 saturated carbocycles. The number of hydrogen-bond donors (Lipinski definition) is 0. The Morgan fingerprint density at radius 2 is 1.96 bits per heavy atom. The van der Waals surface area contributed by atoms with Crippen LogP contribution in [0, 0.1) is 17.0 Å². The number of carbonyl (C=O) groups is 1. The minimum Gasteiger partial charge on any atom is -0.490 e. The lowest BCUT2D eigenvalue weighted by atomic mass is 10.0. The number of hydrogen-bond acceptors (Lipinski definition) is 4. The van der Waals surface area contributed by atoms with E-state index in [2.05, 4.69) is 0 Å². The summed E-state index contributed by atoms with van der Waals surface area (Å²) >= 11 is 0. The first kappa shape index (κ1) is 17.0. The number of nitrogens with zero attached hydrogens (tertiary/aromatic N) is 2. The Balaban J connectivity index is 1.90. The third-order valence-electron chi connectivity index (χ3n) is 4.60. The molecule has 0 bridgehead atoms. The number of carbonyl (C=O) groups excluding carboxylic acids is 1. The summed E-state index contributed by atoms with van der Waals surface area (Å²) in [6, 6.07) is 12.5. The molecule has 0 aliphatic carbocycles. The number of methoxy groups -OCH3 is 1. The topological polar surface area (TPSA) is 72.7 Å². The molecule has 1 heterocycles. The Hall–Kier alpha value is -2.89. The monoisotopic (exact) mass is 340 g/mol. The van der Waals surface area contributed by atoms with Gasteiger partial charge < -0.3 is 9.64 Å². The van der Waals surface area contributed by atoms with Crippen molar-refractivity contribution in [1.82, 2.24) is 4.90 Å². The van der Waals surface area contributed by atoms with Gasteiger partial charge in [0.1, 0.15) is 0 Å². The maximum Gasteiger partial charge on any atom is 0.311 e. The van der Waals surface area contributed by atoms with Crippen LogP contribution in [-0.2, 0) is 0 Å². The van der Waals surface area contributed by atoms with Gasteiger partial charge in [-0.25, -0.2) is 0 Å². The van der Waals surface area contributed by atoms with Crippen molar-refractivity contribution < 1.29 is 14.5 Å². The van der Waals surface area contributed by atoms with E-state index in [1.165, 1.54) is 24.8 Å². The number of aryl methyl sites for hydroxylation is 1. The fourth-order valence-corrected chi connectivity index (χ4v) is 3.28. The van der Waals surface area contributed by atoms with Gasteiger partial charge in [0.15, 0.2) is 5.75 Å². The van der Waals surface area contributed by atoms with Crippen molar-refractivity contribution in [2.24, 2.45) is 0 Å². The summed E-state index contributed by atoms with van der Waals surface area (Å²) < 4.78 is 5.00. The molecule has 130 valence electrons. The summed E-state index contributed by atoms with van der Waals surface area (Å²) in [7, 11) is 1.37. The lowest BCUT2D eigenvalue weighted by Crippen LogP contribution is -2.30. The lowest BCUT2D eigenvalue weighted by molar-refractivity contribution is -0.385. The standard InChI is InChI=1S/C19H20N2O4/c1-13-5-7-14(8-6-13)16-4-3-11-20(16)19(22)15-9-10-18(25-2)17(12-15)21(23)24/h5-10,12,16H,3-4,11H2,1-2H3. The first-order valence-corrected chi connectivity index (χ1v) is 8.21. The van der Waals surface area contributed by atoms with Gasteiger partial charge in [0.25, 0.3) is 5.91 Å². The van der Waals surface area contributed by atoms with E-state index in [9.17, 15) is 14.9 Å². The molecular formula is C19H20N2O4. The van der Waals surface area contributed by atoms with Gasteiger partial charge in [-0.05, 0) is 37.5 Å². The highest BCUT2D eigenvalue weighted by atomic mass is 16.6. The maximum absolute atomic E-state index is 12.9. The Bertz CT molecular complexity index is 802. The summed E-state index contributed by atoms with van der Waals surface area (Å²) in [6.45, 7) is 2.68. The second-order valence-corrected chi connectivity index (χ2v) is 6.21. The zero-order valence-corrected chi connectivity index (χ0v) is 14.3. The van der Waals surface area contributed by atoms with Crippen LogP contribution in [0.15, 0.2) is 42.5 Å². The lowest BCUT2D eigenvalue weighted by Gasteiger charge is -2.25. The molecule has 1 unspecified atom stereocenters. The van der Waals surface area contributed by atoms with Crippen LogP contribution in [0.2, 0.25) is 0 Å². The smallest absolute Gasteiger partial charge is 0.311 e. The quantitative estimate of drug-likeness (QED) is 0.625. The van der Waals surface area contributed by atoms with Crippen molar-refractivity contribution in [1.29, 1.82) is 0 Å². The van der Waals surface area contributed by atoms with Gasteiger partial charge in [0, 0.05) is 18.2 Å². The molecule has 25 heavy (non-hydrogen) atoms. The SMILES string of the molecule is COc1ccc(C(=O)N2CCCC2c2ccc(C)cc2)cc1[N+](=O)[O-]. The zero-order chi connectivity index (χ0) is 18.0. The Kier molecular flexibility index (Phi) is 4.70. The Labute approximate surface area is 146 Å². The van der Waals surface area contributed by atoms with Crippen LogP contribution in [0.25, 0.3) is 0 Å². The first-order chi connectivity index (χ1) is 12.0. The predicted octanol–water partition coefficient (Wildman–Crippen LogP) is 3.89. The molecule has 6 heteroatoms. The van der Waals surface area contributed by atoms with Crippen molar-refractivity contribution in [3.8, 4) is 5.75 Å². The fraction of sp³-hybridized carbons (Fsp3) is 0.316. The predicted molar refractivity (Wildman–Crippen MR) is 93.8 cm³/mol. The summed E-state index contributed by atoms with van der Waals surface area (Å²) in [4.78, 5) is 25.4. The number of ether oxygens (including phenoxy) is 1. The molecule has 1 atom stereocenters. The second-order valence-electron chi connectivity index (χ2n) is 6.21. The number of amides is 1. The van der Waals surface area contributed by atoms with Gasteiger partial charge in [0.2, 0.25) is 0 Å². The van der Waals surface area contributed by atoms with E-state index in [1.807, 2.05) is 31.2 Å². The second kappa shape index (κ2) is 6.93. The van der Waals surface area contributed by atoms with Crippen LogP contribution in [0.5, 0.6) is 5.75 Å². The van der Waals surface area contributed by atoms with Crippen LogP contribution in [-0.4, -0.2) is 29.4 Å². The molecule has 0 spiro atoms. The zero-order valence-electron chi connectivity index (χ0n) is 14.3. The molecule has 1 aliphatic rings. The van der Waals surface area contributed by atoms with Gasteiger partial charge in [0.05, 0.1) is 18.1 Å². The molecule has 1 amide bonds. The molecule has 2 aromatic rings. The van der Waals surface area contributed by atoms with Crippen molar-refractivity contribution >= 4 is 11.6 Å². The van der Waals surface area contributed by atoms with Crippen LogP contribution in [0.3, 0.4) is 0 Å². The van der Waals surface area contributed by atoms with Crippen molar-refractivity contribution in [2.45, 2.75) is 25.8 Å². The molecule has 1 saturated heterocycles. The molecule has 6 nitrogen and oxygen atoms in total. The normalized spacial score (nSPS) is 16.7. The average molecular weight is 340 g/mol. The van der Waals surface area contributed by atoms with Gasteiger partial charge in [-0.2, -0.15) is 0 Å². The van der Waals surface area contributed by atoms with Crippen LogP contribution < -0.4 is 4.74 Å². The van der Waals surface area contributed by atoms with Gasteiger partial charge in [-0.3, -0.25) is 14.9 Å². The molecule has 0 aromatic heterocycles. The number of nitro benzene ring substituents is 1. The van der Waals surface area contributed by atoms with E-state index in [1.54, 1.807) is 11.0 Å². The molecule has 1 fully saturated rings. The molecule has 2 aromatic carbocycles. The molecule has 1 aliphatic heterocycles. The van der Waals surface area contributed by atoms with Crippen LogP contribution >= 0.6 is 0 Å². The van der Waals surface area contributed by atoms with Crippen molar-refractivity contribution in [2.75, 3.05) is 13.7 Å². The molecule has 3 rings (SSSR count). The highest BCUT2D eigenvalue weighted by molar-refractivity contribution is 5.95. The summed E-state index contributed by atoms with van der Waals surface area (Å²) in [5.41, 5.74) is 2.39. The van der Waals surface area contributed by atoms with Crippen molar-refractivity contribution in [3.05, 3.63) is 69.3 Å². The van der Waals surface area contributed by atoms with Gasteiger partial charge in [-0.1, -0.05) is 29.8 Å². The van der Waals surface area contributed by atoms with E-state index in [-0.39, 0.29) is 23.4 Å². The maximum atomic E-state index is 12.9. The Morgan fingerprint density at radius 1 is 1.24 bits per heavy atom. The highest BCUT2D eigenvalue weighted by Crippen LogP contribution is 2.35. The highest BCUT2D eigenvalue weighted by Gasteiger charge is 2.31.